The summed E-state index contributed by atoms with van der Waals surface area (Å²) in [5.74, 6) is -0.848. The Morgan fingerprint density at radius 2 is 2.54 bits per heavy atom. The maximum absolute atomic E-state index is 11.7. The molecule has 1 aromatic rings. The van der Waals surface area contributed by atoms with Gasteiger partial charge in [0.05, 0.1) is 0 Å². The molecule has 1 N–H and O–H groups in total. The number of rotatable bonds is 2. The largest absolute Gasteiger partial charge is 0.352 e. The highest BCUT2D eigenvalue weighted by Crippen LogP contribution is 2.19. The first-order valence-electron chi connectivity index (χ1n) is 5.81. The van der Waals surface area contributed by atoms with Gasteiger partial charge in [-0.15, -0.1) is 0 Å². The lowest BCUT2D eigenvalue weighted by molar-refractivity contribution is 0.0956. The molecule has 0 fully saturated rings. The van der Waals surface area contributed by atoms with Crippen LogP contribution in [-0.4, -0.2) is 12.4 Å². The van der Waals surface area contributed by atoms with Crippen molar-refractivity contribution in [3.8, 4) is 0 Å². The van der Waals surface area contributed by atoms with Crippen molar-refractivity contribution in [1.82, 2.24) is 5.32 Å². The molecular formula is C9H9BrClNO. The number of amides is 1. The highest BCUT2D eigenvalue weighted by atomic mass is 79.9. The van der Waals surface area contributed by atoms with Crippen LogP contribution in [0, 0.1) is 0 Å². The summed E-state index contributed by atoms with van der Waals surface area (Å²) in [6.07, 6.45) is 0. The molecular weight excluding hydrogens is 253 g/mol. The minimum absolute atomic E-state index is 0.0718. The summed E-state index contributed by atoms with van der Waals surface area (Å²) >= 11 is 8.87. The summed E-state index contributed by atoms with van der Waals surface area (Å²) in [5.41, 5.74) is 0.0718. The van der Waals surface area contributed by atoms with Gasteiger partial charge in [-0.2, -0.15) is 0 Å². The topological polar surface area (TPSA) is 29.1 Å². The Hall–Kier alpha value is -0.540. The fourth-order valence-electron chi connectivity index (χ4n) is 0.814. The quantitative estimate of drug-likeness (QED) is 0.877. The van der Waals surface area contributed by atoms with Crippen LogP contribution in [0.3, 0.4) is 0 Å². The Morgan fingerprint density at radius 1 is 1.77 bits per heavy atom. The Morgan fingerprint density at radius 3 is 3.15 bits per heavy atom. The molecule has 4 heteroatoms. The second-order valence-electron chi connectivity index (χ2n) is 2.24. The monoisotopic (exact) mass is 266 g/mol. The molecule has 2 nitrogen and oxygen atoms in total. The van der Waals surface area contributed by atoms with Gasteiger partial charge in [0.1, 0.15) is 0 Å². The minimum atomic E-state index is -2.95. The van der Waals surface area contributed by atoms with Crippen molar-refractivity contribution in [1.29, 1.82) is 0 Å². The molecule has 0 saturated carbocycles. The molecule has 0 aromatic heterocycles. The van der Waals surface area contributed by atoms with E-state index in [9.17, 15) is 4.79 Å². The normalized spacial score (nSPS) is 17.5. The van der Waals surface area contributed by atoms with E-state index in [0.29, 0.717) is 4.47 Å². The van der Waals surface area contributed by atoms with Crippen LogP contribution in [0.4, 0.5) is 0 Å². The second-order valence-corrected chi connectivity index (χ2v) is 3.59. The molecule has 1 aromatic carbocycles. The van der Waals surface area contributed by atoms with Gasteiger partial charge in [-0.1, -0.05) is 27.5 Å². The van der Waals surface area contributed by atoms with E-state index in [4.69, 9.17) is 18.5 Å². The van der Waals surface area contributed by atoms with Crippen LogP contribution in [0.2, 0.25) is 5.02 Å². The van der Waals surface area contributed by atoms with Crippen molar-refractivity contribution >= 4 is 33.4 Å². The van der Waals surface area contributed by atoms with Crippen molar-refractivity contribution in [3.05, 3.63) is 33.3 Å². The molecule has 0 radical (unpaired) electrons. The zero-order chi connectivity index (χ0) is 14.1. The van der Waals surface area contributed by atoms with Crippen LogP contribution in [0.25, 0.3) is 0 Å². The maximum atomic E-state index is 11.7. The van der Waals surface area contributed by atoms with Gasteiger partial charge in [0.25, 0.3) is 5.91 Å². The Kier molecular flexibility index (Phi) is 1.91. The van der Waals surface area contributed by atoms with Crippen molar-refractivity contribution in [2.45, 2.75) is 6.85 Å². The van der Waals surface area contributed by atoms with E-state index < -0.39 is 19.3 Å². The van der Waals surface area contributed by atoms with Crippen LogP contribution >= 0.6 is 27.5 Å². The van der Waals surface area contributed by atoms with Crippen molar-refractivity contribution in [2.75, 3.05) is 6.50 Å². The van der Waals surface area contributed by atoms with Gasteiger partial charge < -0.3 is 5.32 Å². The number of carbonyl (C=O) groups is 1. The predicted octanol–water partition coefficient (Wildman–Crippen LogP) is 2.85. The first-order valence-corrected chi connectivity index (χ1v) is 4.49. The van der Waals surface area contributed by atoms with Gasteiger partial charge in [-0.05, 0) is 25.1 Å². The molecule has 0 aliphatic rings. The highest BCUT2D eigenvalue weighted by Gasteiger charge is 2.05. The summed E-state index contributed by atoms with van der Waals surface area (Å²) in [6, 6.07) is 4.28. The fourth-order valence-corrected chi connectivity index (χ4v) is 1.67. The molecule has 0 aliphatic heterocycles. The molecule has 0 heterocycles. The maximum Gasteiger partial charge on any atom is 0.251 e. The third-order valence-corrected chi connectivity index (χ3v) is 1.98. The van der Waals surface area contributed by atoms with Gasteiger partial charge >= 0.3 is 0 Å². The van der Waals surface area contributed by atoms with E-state index in [1.54, 1.807) is 6.07 Å². The summed E-state index contributed by atoms with van der Waals surface area (Å²) in [5, 5.41) is 2.10. The summed E-state index contributed by atoms with van der Waals surface area (Å²) in [6.45, 7) is -5.75. The second kappa shape index (κ2) is 4.63. The van der Waals surface area contributed by atoms with Gasteiger partial charge in [-0.25, -0.2) is 0 Å². The highest BCUT2D eigenvalue weighted by molar-refractivity contribution is 9.10. The fraction of sp³-hybridized carbons (Fsp3) is 0.222. The molecule has 0 spiro atoms. The average Bonchev–Trinajstić information content (AvgIpc) is 2.13. The lowest BCUT2D eigenvalue weighted by Gasteiger charge is -2.02. The van der Waals surface area contributed by atoms with E-state index in [2.05, 4.69) is 15.9 Å². The zero-order valence-electron chi connectivity index (χ0n) is 11.4. The minimum Gasteiger partial charge on any atom is -0.352 e. The first-order chi connectivity index (χ1) is 8.03. The number of benzene rings is 1. The molecule has 0 atom stereocenters. The van der Waals surface area contributed by atoms with Crippen LogP contribution in [-0.2, 0) is 0 Å². The van der Waals surface area contributed by atoms with Crippen LogP contribution in [0.5, 0.6) is 0 Å². The molecule has 13 heavy (non-hydrogen) atoms. The van der Waals surface area contributed by atoms with Gasteiger partial charge in [0, 0.05) is 28.4 Å². The Labute approximate surface area is 97.4 Å². The Bertz CT molecular complexity index is 456. The molecule has 0 aliphatic carbocycles. The van der Waals surface area contributed by atoms with E-state index in [1.807, 2.05) is 5.32 Å². The summed E-state index contributed by atoms with van der Waals surface area (Å²) in [7, 11) is 0. The number of hydrogen-bond donors (Lipinski definition) is 1. The van der Waals surface area contributed by atoms with Crippen LogP contribution in [0.15, 0.2) is 22.7 Å². The molecule has 1 amide bonds. The predicted molar refractivity (Wildman–Crippen MR) is 57.2 cm³/mol. The van der Waals surface area contributed by atoms with Crippen molar-refractivity contribution in [3.63, 3.8) is 0 Å². The lowest BCUT2D eigenvalue weighted by Crippen LogP contribution is -2.22. The van der Waals surface area contributed by atoms with Gasteiger partial charge in [0.15, 0.2) is 0 Å². The van der Waals surface area contributed by atoms with E-state index >= 15 is 0 Å². The number of hydrogen-bond acceptors (Lipinski definition) is 1. The number of nitrogens with one attached hydrogen (secondary N) is 1. The van der Waals surface area contributed by atoms with E-state index in [-0.39, 0.29) is 10.6 Å². The van der Waals surface area contributed by atoms with Gasteiger partial charge in [0.2, 0.25) is 0 Å². The van der Waals surface area contributed by atoms with E-state index in [0.717, 1.165) is 0 Å². The molecule has 0 bridgehead atoms. The van der Waals surface area contributed by atoms with Crippen LogP contribution < -0.4 is 5.32 Å². The Balaban J connectivity index is 2.96. The van der Waals surface area contributed by atoms with Crippen molar-refractivity contribution < 1.29 is 11.6 Å². The average molecular weight is 268 g/mol. The molecule has 0 saturated heterocycles. The number of carbonyl (C=O) groups excluding carboxylic acids is 1. The standard InChI is InChI=1S/C9H9BrClNO/c1-2-12-9(13)6-3-7(10)5-8(11)4-6/h3-5H,2H2,1H3,(H,12,13)/i1D3,2D2. The first kappa shape index (κ1) is 5.37. The van der Waals surface area contributed by atoms with Crippen LogP contribution in [0.1, 0.15) is 24.1 Å². The summed E-state index contributed by atoms with van der Waals surface area (Å²) < 4.78 is 36.1. The van der Waals surface area contributed by atoms with Gasteiger partial charge in [-0.3, -0.25) is 4.79 Å². The van der Waals surface area contributed by atoms with E-state index in [1.165, 1.54) is 12.1 Å². The lowest BCUT2D eigenvalue weighted by atomic mass is 10.2. The molecule has 1 rings (SSSR count). The molecule has 70 valence electrons. The van der Waals surface area contributed by atoms with Crippen molar-refractivity contribution in [2.24, 2.45) is 0 Å². The third-order valence-electron chi connectivity index (χ3n) is 1.30. The summed E-state index contributed by atoms with van der Waals surface area (Å²) in [4.78, 5) is 11.7. The smallest absolute Gasteiger partial charge is 0.251 e. The zero-order valence-corrected chi connectivity index (χ0v) is 8.74. The molecule has 0 unspecified atom stereocenters. The number of halogens is 2. The SMILES string of the molecule is [2H]C([2H])([2H])C([2H])([2H])NC(=O)c1cc(Cl)cc(Br)c1. The third kappa shape index (κ3) is 3.01.